The quantitative estimate of drug-likeness (QED) is 0.422. The summed E-state index contributed by atoms with van der Waals surface area (Å²) >= 11 is 5.44. The molecule has 6 nitrogen and oxygen atoms in total. The van der Waals surface area contributed by atoms with E-state index in [2.05, 4.69) is 5.32 Å². The van der Waals surface area contributed by atoms with Crippen molar-refractivity contribution in [3.8, 4) is 17.2 Å². The van der Waals surface area contributed by atoms with Crippen molar-refractivity contribution in [2.45, 2.75) is 0 Å². The third-order valence-electron chi connectivity index (χ3n) is 3.69. The molecule has 0 aliphatic carbocycles. The number of benzene rings is 2. The minimum atomic E-state index is -0.307. The summed E-state index contributed by atoms with van der Waals surface area (Å²) in [6.07, 6.45) is 3.11. The van der Waals surface area contributed by atoms with E-state index in [0.29, 0.717) is 28.5 Å². The standard InChI is InChI=1S/C20H20ClNO5/c1-25-17-10-13(11-18(26-2)20(17)27-3)4-9-16(23)14-5-7-15(8-6-14)22-19(24)12-21/h4-11H,12H2,1-3H3,(H,22,24)/b9-4+. The fraction of sp³-hybridized carbons (Fsp3) is 0.200. The maximum absolute atomic E-state index is 12.4. The minimum absolute atomic E-state index is 0.127. The zero-order chi connectivity index (χ0) is 19.8. The third-order valence-corrected chi connectivity index (χ3v) is 3.93. The Morgan fingerprint density at radius 2 is 1.59 bits per heavy atom. The van der Waals surface area contributed by atoms with E-state index in [1.165, 1.54) is 27.4 Å². The van der Waals surface area contributed by atoms with Gasteiger partial charge < -0.3 is 19.5 Å². The van der Waals surface area contributed by atoms with Gasteiger partial charge in [-0.25, -0.2) is 0 Å². The largest absolute Gasteiger partial charge is 0.493 e. The molecule has 0 heterocycles. The van der Waals surface area contributed by atoms with E-state index in [-0.39, 0.29) is 17.6 Å². The second-order valence-electron chi connectivity index (χ2n) is 5.42. The highest BCUT2D eigenvalue weighted by atomic mass is 35.5. The van der Waals surface area contributed by atoms with Crippen molar-refractivity contribution < 1.29 is 23.8 Å². The molecule has 7 heteroatoms. The van der Waals surface area contributed by atoms with Crippen LogP contribution in [0.25, 0.3) is 6.08 Å². The van der Waals surface area contributed by atoms with Crippen LogP contribution in [0.4, 0.5) is 5.69 Å². The highest BCUT2D eigenvalue weighted by Crippen LogP contribution is 2.38. The molecule has 0 unspecified atom stereocenters. The second-order valence-corrected chi connectivity index (χ2v) is 5.68. The average Bonchev–Trinajstić information content (AvgIpc) is 2.71. The number of ether oxygens (including phenoxy) is 3. The van der Waals surface area contributed by atoms with E-state index < -0.39 is 0 Å². The second kappa shape index (κ2) is 9.64. The summed E-state index contributed by atoms with van der Waals surface area (Å²) in [5.74, 6) is 0.875. The smallest absolute Gasteiger partial charge is 0.239 e. The van der Waals surface area contributed by atoms with Crippen LogP contribution in [0.3, 0.4) is 0 Å². The van der Waals surface area contributed by atoms with Gasteiger partial charge in [-0.3, -0.25) is 9.59 Å². The summed E-state index contributed by atoms with van der Waals surface area (Å²) < 4.78 is 15.9. The van der Waals surface area contributed by atoms with Gasteiger partial charge in [-0.1, -0.05) is 6.08 Å². The van der Waals surface area contributed by atoms with Gasteiger partial charge in [0.25, 0.3) is 0 Å². The predicted molar refractivity (Wildman–Crippen MR) is 105 cm³/mol. The first-order chi connectivity index (χ1) is 13.0. The normalized spacial score (nSPS) is 10.5. The van der Waals surface area contributed by atoms with Crippen LogP contribution in [0.15, 0.2) is 42.5 Å². The summed E-state index contributed by atoms with van der Waals surface area (Å²) in [6, 6.07) is 10.0. The number of allylic oxidation sites excluding steroid dienone is 1. The zero-order valence-electron chi connectivity index (χ0n) is 15.2. The van der Waals surface area contributed by atoms with Gasteiger partial charge in [0.1, 0.15) is 5.88 Å². The molecule has 0 atom stereocenters. The van der Waals surface area contributed by atoms with E-state index in [4.69, 9.17) is 25.8 Å². The lowest BCUT2D eigenvalue weighted by molar-refractivity contribution is -0.113. The summed E-state index contributed by atoms with van der Waals surface area (Å²) in [7, 11) is 4.58. The van der Waals surface area contributed by atoms with Gasteiger partial charge in [0.2, 0.25) is 11.7 Å². The number of alkyl halides is 1. The van der Waals surface area contributed by atoms with E-state index in [1.807, 2.05) is 0 Å². The topological polar surface area (TPSA) is 73.9 Å². The van der Waals surface area contributed by atoms with E-state index in [1.54, 1.807) is 42.5 Å². The molecule has 0 aliphatic heterocycles. The van der Waals surface area contributed by atoms with Crippen molar-refractivity contribution in [2.24, 2.45) is 0 Å². The number of hydrogen-bond donors (Lipinski definition) is 1. The molecule has 2 rings (SSSR count). The number of carbonyl (C=O) groups excluding carboxylic acids is 2. The summed E-state index contributed by atoms with van der Waals surface area (Å²) in [4.78, 5) is 23.6. The SMILES string of the molecule is COc1cc(/C=C/C(=O)c2ccc(NC(=O)CCl)cc2)cc(OC)c1OC. The van der Waals surface area contributed by atoms with Crippen LogP contribution in [0, 0.1) is 0 Å². The Hall–Kier alpha value is -2.99. The van der Waals surface area contributed by atoms with Gasteiger partial charge in [0, 0.05) is 11.3 Å². The molecule has 0 aliphatic rings. The predicted octanol–water partition coefficient (Wildman–Crippen LogP) is 3.79. The Balaban J connectivity index is 2.17. The summed E-state index contributed by atoms with van der Waals surface area (Å²) in [5, 5.41) is 2.61. The first-order valence-corrected chi connectivity index (χ1v) is 8.54. The molecule has 0 spiro atoms. The molecule has 142 valence electrons. The molecule has 0 aromatic heterocycles. The Kier molecular flexibility index (Phi) is 7.25. The molecule has 2 aromatic carbocycles. The number of rotatable bonds is 8. The third kappa shape index (κ3) is 5.24. The number of hydrogen-bond acceptors (Lipinski definition) is 5. The number of methoxy groups -OCH3 is 3. The highest BCUT2D eigenvalue weighted by Gasteiger charge is 2.12. The van der Waals surface area contributed by atoms with Gasteiger partial charge in [0.05, 0.1) is 21.3 Å². The first kappa shape index (κ1) is 20.3. The van der Waals surface area contributed by atoms with Crippen molar-refractivity contribution >= 4 is 35.1 Å². The van der Waals surface area contributed by atoms with Crippen LogP contribution in [0.5, 0.6) is 17.2 Å². The number of amides is 1. The average molecular weight is 390 g/mol. The van der Waals surface area contributed by atoms with Gasteiger partial charge in [-0.15, -0.1) is 11.6 Å². The van der Waals surface area contributed by atoms with Crippen LogP contribution >= 0.6 is 11.6 Å². The van der Waals surface area contributed by atoms with Crippen LogP contribution in [-0.2, 0) is 4.79 Å². The molecular weight excluding hydrogens is 370 g/mol. The van der Waals surface area contributed by atoms with Crippen LogP contribution in [-0.4, -0.2) is 38.9 Å². The molecule has 2 aromatic rings. The lowest BCUT2D eigenvalue weighted by Gasteiger charge is -2.12. The Labute approximate surface area is 162 Å². The van der Waals surface area contributed by atoms with Gasteiger partial charge in [-0.05, 0) is 48.0 Å². The molecular formula is C20H20ClNO5. The molecule has 27 heavy (non-hydrogen) atoms. The molecule has 0 fully saturated rings. The zero-order valence-corrected chi connectivity index (χ0v) is 16.0. The van der Waals surface area contributed by atoms with E-state index >= 15 is 0 Å². The maximum atomic E-state index is 12.4. The summed E-state index contributed by atoms with van der Waals surface area (Å²) in [5.41, 5.74) is 1.79. The summed E-state index contributed by atoms with van der Waals surface area (Å²) in [6.45, 7) is 0. The van der Waals surface area contributed by atoms with Gasteiger partial charge >= 0.3 is 0 Å². The van der Waals surface area contributed by atoms with Crippen molar-refractivity contribution in [2.75, 3.05) is 32.5 Å². The Morgan fingerprint density at radius 1 is 1.00 bits per heavy atom. The molecule has 0 radical (unpaired) electrons. The maximum Gasteiger partial charge on any atom is 0.239 e. The van der Waals surface area contributed by atoms with Crippen molar-refractivity contribution in [3.63, 3.8) is 0 Å². The number of anilines is 1. The lowest BCUT2D eigenvalue weighted by Crippen LogP contribution is -2.12. The number of nitrogens with one attached hydrogen (secondary N) is 1. The Bertz CT molecular complexity index is 821. The van der Waals surface area contributed by atoms with E-state index in [0.717, 1.165) is 5.56 Å². The van der Waals surface area contributed by atoms with E-state index in [9.17, 15) is 9.59 Å². The monoisotopic (exact) mass is 389 g/mol. The molecule has 1 N–H and O–H groups in total. The van der Waals surface area contributed by atoms with Crippen molar-refractivity contribution in [3.05, 3.63) is 53.6 Å². The lowest BCUT2D eigenvalue weighted by atomic mass is 10.1. The van der Waals surface area contributed by atoms with Crippen LogP contribution in [0.2, 0.25) is 0 Å². The van der Waals surface area contributed by atoms with Crippen LogP contribution < -0.4 is 19.5 Å². The van der Waals surface area contributed by atoms with Gasteiger partial charge in [-0.2, -0.15) is 0 Å². The Morgan fingerprint density at radius 3 is 2.07 bits per heavy atom. The molecule has 0 saturated carbocycles. The first-order valence-electron chi connectivity index (χ1n) is 8.00. The molecule has 0 bridgehead atoms. The fourth-order valence-corrected chi connectivity index (χ4v) is 2.44. The van der Waals surface area contributed by atoms with Gasteiger partial charge in [0.15, 0.2) is 17.3 Å². The van der Waals surface area contributed by atoms with Crippen LogP contribution in [0.1, 0.15) is 15.9 Å². The van der Waals surface area contributed by atoms with Crippen molar-refractivity contribution in [1.29, 1.82) is 0 Å². The van der Waals surface area contributed by atoms with Crippen molar-refractivity contribution in [1.82, 2.24) is 0 Å². The number of carbonyl (C=O) groups is 2. The molecule has 1 amide bonds. The minimum Gasteiger partial charge on any atom is -0.493 e. The highest BCUT2D eigenvalue weighted by molar-refractivity contribution is 6.29. The number of ketones is 1. The number of halogens is 1. The fourth-order valence-electron chi connectivity index (χ4n) is 2.38. The molecule has 0 saturated heterocycles.